The van der Waals surface area contributed by atoms with Gasteiger partial charge in [0.15, 0.2) is 5.56 Å². The van der Waals surface area contributed by atoms with Crippen LogP contribution in [0.1, 0.15) is 0 Å². The second-order valence-corrected chi connectivity index (χ2v) is 2.25. The van der Waals surface area contributed by atoms with Crippen molar-refractivity contribution in [1.82, 2.24) is 10.9 Å². The summed E-state index contributed by atoms with van der Waals surface area (Å²) in [5.74, 6) is 0.929. The van der Waals surface area contributed by atoms with E-state index < -0.39 is 0 Å². The standard InChI is InChI=1S/C3H8N2OS/c1-6-3-5-4-2-7-3/h3-5H,2H2,1H3. The molecule has 4 heteroatoms. The number of ether oxygens (including phenoxy) is 1. The fraction of sp³-hybridized carbons (Fsp3) is 1.00. The Morgan fingerprint density at radius 2 is 2.71 bits per heavy atom. The van der Waals surface area contributed by atoms with E-state index in [2.05, 4.69) is 10.9 Å². The van der Waals surface area contributed by atoms with Crippen molar-refractivity contribution in [2.45, 2.75) is 5.56 Å². The lowest BCUT2D eigenvalue weighted by molar-refractivity contribution is 0.143. The number of thioether (sulfide) groups is 1. The Bertz CT molecular complexity index is 54.9. The highest BCUT2D eigenvalue weighted by molar-refractivity contribution is 7.99. The molecule has 1 aliphatic heterocycles. The molecule has 1 fully saturated rings. The summed E-state index contributed by atoms with van der Waals surface area (Å²) in [6.45, 7) is 0. The largest absolute Gasteiger partial charge is 0.356 e. The molecule has 0 aromatic carbocycles. The van der Waals surface area contributed by atoms with E-state index in [1.54, 1.807) is 18.9 Å². The van der Waals surface area contributed by atoms with Gasteiger partial charge in [-0.15, -0.1) is 0 Å². The van der Waals surface area contributed by atoms with Crippen LogP contribution in [0, 0.1) is 0 Å². The van der Waals surface area contributed by atoms with Gasteiger partial charge in [-0.1, -0.05) is 11.8 Å². The lowest BCUT2D eigenvalue weighted by Crippen LogP contribution is -2.30. The van der Waals surface area contributed by atoms with Crippen LogP contribution < -0.4 is 10.9 Å². The van der Waals surface area contributed by atoms with Gasteiger partial charge in [-0.05, 0) is 0 Å². The maximum absolute atomic E-state index is 4.90. The molecular formula is C3H8N2OS. The fourth-order valence-corrected chi connectivity index (χ4v) is 1.03. The molecule has 1 atom stereocenters. The Balaban J connectivity index is 2.14. The summed E-state index contributed by atoms with van der Waals surface area (Å²) >= 11 is 1.70. The third-order valence-electron chi connectivity index (χ3n) is 0.741. The summed E-state index contributed by atoms with van der Waals surface area (Å²) in [4.78, 5) is 0. The van der Waals surface area contributed by atoms with Gasteiger partial charge in [-0.3, -0.25) is 0 Å². The number of hydrogen-bond donors (Lipinski definition) is 2. The van der Waals surface area contributed by atoms with E-state index in [0.29, 0.717) is 0 Å². The zero-order valence-electron chi connectivity index (χ0n) is 4.10. The highest BCUT2D eigenvalue weighted by atomic mass is 32.2. The van der Waals surface area contributed by atoms with E-state index in [1.807, 2.05) is 0 Å². The molecule has 1 unspecified atom stereocenters. The first-order chi connectivity index (χ1) is 3.43. The zero-order valence-corrected chi connectivity index (χ0v) is 4.92. The van der Waals surface area contributed by atoms with Crippen LogP contribution in [0.3, 0.4) is 0 Å². The quantitative estimate of drug-likeness (QED) is 0.498. The second-order valence-electron chi connectivity index (χ2n) is 1.20. The normalized spacial score (nSPS) is 31.3. The third kappa shape index (κ3) is 1.31. The summed E-state index contributed by atoms with van der Waals surface area (Å²) in [6, 6.07) is 0. The molecule has 1 heterocycles. The van der Waals surface area contributed by atoms with Crippen molar-refractivity contribution in [3.05, 3.63) is 0 Å². The van der Waals surface area contributed by atoms with E-state index in [-0.39, 0.29) is 5.56 Å². The van der Waals surface area contributed by atoms with Gasteiger partial charge in [-0.25, -0.2) is 10.9 Å². The van der Waals surface area contributed by atoms with E-state index in [0.717, 1.165) is 5.88 Å². The predicted octanol–water partition coefficient (Wildman–Crippen LogP) is -0.285. The minimum absolute atomic E-state index is 0.153. The molecule has 1 rings (SSSR count). The molecular weight excluding hydrogens is 112 g/mol. The summed E-state index contributed by atoms with van der Waals surface area (Å²) in [5, 5.41) is 0. The molecule has 42 valence electrons. The Hall–Kier alpha value is 0.230. The molecule has 0 saturated carbocycles. The van der Waals surface area contributed by atoms with E-state index in [1.165, 1.54) is 0 Å². The average molecular weight is 120 g/mol. The number of methoxy groups -OCH3 is 1. The van der Waals surface area contributed by atoms with E-state index in [9.17, 15) is 0 Å². The highest BCUT2D eigenvalue weighted by Gasteiger charge is 2.10. The summed E-state index contributed by atoms with van der Waals surface area (Å²) in [6.07, 6.45) is 0. The van der Waals surface area contributed by atoms with Crippen LogP contribution in [-0.4, -0.2) is 18.5 Å². The number of hydrazine groups is 1. The molecule has 0 spiro atoms. The van der Waals surface area contributed by atoms with Crippen molar-refractivity contribution in [1.29, 1.82) is 0 Å². The smallest absolute Gasteiger partial charge is 0.169 e. The molecule has 1 saturated heterocycles. The maximum Gasteiger partial charge on any atom is 0.169 e. The number of hydrogen-bond acceptors (Lipinski definition) is 4. The van der Waals surface area contributed by atoms with Crippen molar-refractivity contribution in [3.63, 3.8) is 0 Å². The molecule has 0 aliphatic carbocycles. The Morgan fingerprint density at radius 1 is 1.86 bits per heavy atom. The average Bonchev–Trinajstić information content (AvgIpc) is 2.14. The van der Waals surface area contributed by atoms with Crippen molar-refractivity contribution >= 4 is 11.8 Å². The lowest BCUT2D eigenvalue weighted by atomic mass is 11.2. The first-order valence-corrected chi connectivity index (χ1v) is 3.11. The van der Waals surface area contributed by atoms with Crippen molar-refractivity contribution < 1.29 is 4.74 Å². The highest BCUT2D eigenvalue weighted by Crippen LogP contribution is 2.09. The molecule has 0 amide bonds. The van der Waals surface area contributed by atoms with Crippen LogP contribution in [0.25, 0.3) is 0 Å². The van der Waals surface area contributed by atoms with Crippen LogP contribution in [0.2, 0.25) is 0 Å². The Morgan fingerprint density at radius 3 is 3.00 bits per heavy atom. The van der Waals surface area contributed by atoms with Crippen molar-refractivity contribution in [2.75, 3.05) is 13.0 Å². The first kappa shape index (κ1) is 5.37. The van der Waals surface area contributed by atoms with Gasteiger partial charge < -0.3 is 4.74 Å². The summed E-state index contributed by atoms with van der Waals surface area (Å²) in [7, 11) is 1.68. The maximum atomic E-state index is 4.90. The fourth-order valence-electron chi connectivity index (χ4n) is 0.411. The Kier molecular flexibility index (Phi) is 1.93. The van der Waals surface area contributed by atoms with Crippen LogP contribution in [0.15, 0.2) is 0 Å². The minimum atomic E-state index is 0.153. The van der Waals surface area contributed by atoms with E-state index >= 15 is 0 Å². The van der Waals surface area contributed by atoms with Crippen molar-refractivity contribution in [2.24, 2.45) is 0 Å². The molecule has 7 heavy (non-hydrogen) atoms. The van der Waals surface area contributed by atoms with Crippen LogP contribution in [-0.2, 0) is 4.74 Å². The molecule has 0 aromatic rings. The lowest BCUT2D eigenvalue weighted by Gasteiger charge is -2.02. The first-order valence-electron chi connectivity index (χ1n) is 2.06. The van der Waals surface area contributed by atoms with Gasteiger partial charge in [0.1, 0.15) is 0 Å². The second kappa shape index (κ2) is 2.52. The third-order valence-corrected chi connectivity index (χ3v) is 1.66. The molecule has 0 aromatic heterocycles. The van der Waals surface area contributed by atoms with Crippen LogP contribution in [0.4, 0.5) is 0 Å². The number of rotatable bonds is 1. The molecule has 0 radical (unpaired) electrons. The molecule has 2 N–H and O–H groups in total. The van der Waals surface area contributed by atoms with Crippen molar-refractivity contribution in [3.8, 4) is 0 Å². The van der Waals surface area contributed by atoms with Gasteiger partial charge in [0.25, 0.3) is 0 Å². The summed E-state index contributed by atoms with van der Waals surface area (Å²) < 4.78 is 4.90. The predicted molar refractivity (Wildman–Crippen MR) is 29.5 cm³/mol. The summed E-state index contributed by atoms with van der Waals surface area (Å²) in [5.41, 5.74) is 5.96. The molecule has 1 aliphatic rings. The topological polar surface area (TPSA) is 33.3 Å². The monoisotopic (exact) mass is 120 g/mol. The van der Waals surface area contributed by atoms with Gasteiger partial charge >= 0.3 is 0 Å². The molecule has 3 nitrogen and oxygen atoms in total. The number of nitrogens with one attached hydrogen (secondary N) is 2. The Labute approximate surface area is 46.8 Å². The van der Waals surface area contributed by atoms with E-state index in [4.69, 9.17) is 4.74 Å². The van der Waals surface area contributed by atoms with Gasteiger partial charge in [0.05, 0.1) is 5.88 Å². The van der Waals surface area contributed by atoms with Gasteiger partial charge in [0.2, 0.25) is 0 Å². The van der Waals surface area contributed by atoms with Gasteiger partial charge in [0, 0.05) is 7.11 Å². The SMILES string of the molecule is COC1NNCS1. The van der Waals surface area contributed by atoms with Crippen LogP contribution >= 0.6 is 11.8 Å². The molecule has 0 bridgehead atoms. The minimum Gasteiger partial charge on any atom is -0.356 e. The zero-order chi connectivity index (χ0) is 5.11. The van der Waals surface area contributed by atoms with Crippen LogP contribution in [0.5, 0.6) is 0 Å². The van der Waals surface area contributed by atoms with Gasteiger partial charge in [-0.2, -0.15) is 0 Å².